The van der Waals surface area contributed by atoms with E-state index in [1.165, 1.54) is 27.9 Å². The van der Waals surface area contributed by atoms with Gasteiger partial charge in [0.25, 0.3) is 0 Å². The van der Waals surface area contributed by atoms with Gasteiger partial charge in [-0.3, -0.25) is 9.69 Å². The van der Waals surface area contributed by atoms with Gasteiger partial charge < -0.3 is 19.3 Å². The Morgan fingerprint density at radius 2 is 2.00 bits per heavy atom. The first kappa shape index (κ1) is 26.7. The van der Waals surface area contributed by atoms with Crippen LogP contribution < -0.4 is 9.64 Å². The molecule has 1 aliphatic carbocycles. The van der Waals surface area contributed by atoms with Crippen molar-refractivity contribution in [3.63, 3.8) is 0 Å². The van der Waals surface area contributed by atoms with Crippen LogP contribution in [-0.2, 0) is 38.0 Å². The highest BCUT2D eigenvalue weighted by atomic mass is 16.5. The van der Waals surface area contributed by atoms with Crippen molar-refractivity contribution in [1.29, 1.82) is 0 Å². The molecule has 0 spiro atoms. The zero-order valence-corrected chi connectivity index (χ0v) is 24.3. The van der Waals surface area contributed by atoms with Crippen LogP contribution in [0.3, 0.4) is 0 Å². The largest absolute Gasteiger partial charge is 0.488 e. The van der Waals surface area contributed by atoms with Gasteiger partial charge >= 0.3 is 5.97 Å². The predicted molar refractivity (Wildman–Crippen MR) is 161 cm³/mol. The van der Waals surface area contributed by atoms with E-state index in [2.05, 4.69) is 51.5 Å². The quantitative estimate of drug-likeness (QED) is 0.314. The van der Waals surface area contributed by atoms with Crippen LogP contribution in [0.4, 0.5) is 5.82 Å². The van der Waals surface area contributed by atoms with Crippen LogP contribution >= 0.6 is 0 Å². The van der Waals surface area contributed by atoms with Crippen LogP contribution in [0.25, 0.3) is 11.3 Å². The number of carbonyl (C=O) groups is 1. The minimum atomic E-state index is -0.642. The molecule has 1 N–H and O–H groups in total. The van der Waals surface area contributed by atoms with Crippen molar-refractivity contribution in [2.45, 2.75) is 45.9 Å². The number of ether oxygens (including phenoxy) is 1. The maximum atomic E-state index is 11.7. The van der Waals surface area contributed by atoms with Crippen molar-refractivity contribution in [2.24, 2.45) is 18.4 Å². The maximum absolute atomic E-state index is 11.7. The van der Waals surface area contributed by atoms with Gasteiger partial charge in [-0.05, 0) is 78.6 Å². The van der Waals surface area contributed by atoms with Gasteiger partial charge in [0.05, 0.1) is 23.1 Å². The SMILES string of the molecule is Cc1c(COc2ccccc2-c2cccc(N3CC[C@@]4(C(=O)O)C[C@H]4C3)n2)ccc2c1CCN(Cc1cncn1C)C2. The summed E-state index contributed by atoms with van der Waals surface area (Å²) in [5.74, 6) is 1.29. The van der Waals surface area contributed by atoms with Gasteiger partial charge in [-0.1, -0.05) is 30.3 Å². The summed E-state index contributed by atoms with van der Waals surface area (Å²) in [5, 5.41) is 9.64. The number of aryl methyl sites for hydroxylation is 1. The maximum Gasteiger partial charge on any atom is 0.310 e. The van der Waals surface area contributed by atoms with Gasteiger partial charge in [0.1, 0.15) is 18.2 Å². The molecule has 3 aliphatic rings. The third kappa shape index (κ3) is 4.83. The Bertz CT molecular complexity index is 1650. The zero-order valence-electron chi connectivity index (χ0n) is 24.3. The molecule has 2 atom stereocenters. The van der Waals surface area contributed by atoms with Crippen molar-refractivity contribution >= 4 is 11.8 Å². The van der Waals surface area contributed by atoms with Crippen molar-refractivity contribution < 1.29 is 14.6 Å². The molecule has 2 aromatic heterocycles. The number of imidazole rings is 1. The van der Waals surface area contributed by atoms with Crippen molar-refractivity contribution in [3.8, 4) is 17.0 Å². The number of aliphatic carboxylic acids is 1. The molecule has 0 radical (unpaired) electrons. The lowest BCUT2D eigenvalue weighted by Crippen LogP contribution is -2.38. The van der Waals surface area contributed by atoms with Gasteiger partial charge in [0.2, 0.25) is 0 Å². The molecular formula is C34H37N5O3. The predicted octanol–water partition coefficient (Wildman–Crippen LogP) is 5.23. The van der Waals surface area contributed by atoms with Crippen LogP contribution in [0.2, 0.25) is 0 Å². The normalized spacial score (nSPS) is 21.5. The van der Waals surface area contributed by atoms with Gasteiger partial charge in [-0.25, -0.2) is 9.97 Å². The molecule has 0 bridgehead atoms. The van der Waals surface area contributed by atoms with Crippen molar-refractivity contribution in [3.05, 3.63) is 95.1 Å². The summed E-state index contributed by atoms with van der Waals surface area (Å²) in [6.07, 6.45) is 6.31. The van der Waals surface area contributed by atoms with Gasteiger partial charge in [0.15, 0.2) is 0 Å². The van der Waals surface area contributed by atoms with Gasteiger partial charge in [-0.2, -0.15) is 0 Å². The minimum absolute atomic E-state index is 0.216. The number of hydrogen-bond acceptors (Lipinski definition) is 6. The third-order valence-corrected chi connectivity index (χ3v) is 9.71. The Kier molecular flexibility index (Phi) is 6.73. The lowest BCUT2D eigenvalue weighted by molar-refractivity contribution is -0.144. The topological polar surface area (TPSA) is 83.7 Å². The summed E-state index contributed by atoms with van der Waals surface area (Å²) in [5.41, 5.74) is 7.95. The Morgan fingerprint density at radius 3 is 2.81 bits per heavy atom. The second kappa shape index (κ2) is 10.6. The lowest BCUT2D eigenvalue weighted by Gasteiger charge is -2.31. The summed E-state index contributed by atoms with van der Waals surface area (Å²) in [7, 11) is 2.05. The summed E-state index contributed by atoms with van der Waals surface area (Å²) < 4.78 is 8.56. The number of anilines is 1. The number of benzene rings is 2. The number of fused-ring (bicyclic) bond motifs is 2. The van der Waals surface area contributed by atoms with Gasteiger partial charge in [0, 0.05) is 51.5 Å². The number of carboxylic acids is 1. The molecule has 7 rings (SSSR count). The van der Waals surface area contributed by atoms with E-state index >= 15 is 0 Å². The number of nitrogens with zero attached hydrogens (tertiary/aromatic N) is 5. The molecule has 42 heavy (non-hydrogen) atoms. The Morgan fingerprint density at radius 1 is 1.12 bits per heavy atom. The van der Waals surface area contributed by atoms with E-state index in [1.807, 2.05) is 48.9 Å². The number of piperidine rings is 1. The van der Waals surface area contributed by atoms with Crippen LogP contribution in [-0.4, -0.2) is 50.1 Å². The average Bonchev–Trinajstić information content (AvgIpc) is 3.64. The molecule has 1 saturated carbocycles. The fraction of sp³-hybridized carbons (Fsp3) is 0.382. The number of carboxylic acid groups (broad SMARTS) is 1. The zero-order chi connectivity index (χ0) is 28.8. The molecule has 1 saturated heterocycles. The van der Waals surface area contributed by atoms with Crippen LogP contribution in [0.1, 0.15) is 40.8 Å². The van der Waals surface area contributed by atoms with Crippen molar-refractivity contribution in [1.82, 2.24) is 19.4 Å². The van der Waals surface area contributed by atoms with Crippen LogP contribution in [0, 0.1) is 18.3 Å². The number of pyridine rings is 1. The number of para-hydroxylation sites is 1. The molecule has 0 unspecified atom stereocenters. The summed E-state index contributed by atoms with van der Waals surface area (Å²) >= 11 is 0. The summed E-state index contributed by atoms with van der Waals surface area (Å²) in [6.45, 7) is 7.08. The molecule has 4 aromatic rings. The van der Waals surface area contributed by atoms with E-state index < -0.39 is 11.4 Å². The molecule has 2 fully saturated rings. The second-order valence-electron chi connectivity index (χ2n) is 12.2. The Labute approximate surface area is 246 Å². The van der Waals surface area contributed by atoms with E-state index in [9.17, 15) is 9.90 Å². The molecule has 2 aromatic carbocycles. The monoisotopic (exact) mass is 563 g/mol. The number of hydrogen-bond donors (Lipinski definition) is 1. The van der Waals surface area contributed by atoms with E-state index in [0.29, 0.717) is 13.0 Å². The fourth-order valence-corrected chi connectivity index (χ4v) is 6.91. The Balaban J connectivity index is 1.05. The smallest absolute Gasteiger partial charge is 0.310 e. The molecule has 0 amide bonds. The first-order valence-corrected chi connectivity index (χ1v) is 14.9. The van der Waals surface area contributed by atoms with E-state index in [0.717, 1.165) is 68.4 Å². The van der Waals surface area contributed by atoms with E-state index in [-0.39, 0.29) is 5.92 Å². The highest BCUT2D eigenvalue weighted by Gasteiger charge is 2.62. The van der Waals surface area contributed by atoms with Gasteiger partial charge in [-0.15, -0.1) is 0 Å². The highest BCUT2D eigenvalue weighted by Crippen LogP contribution is 2.58. The fourth-order valence-electron chi connectivity index (χ4n) is 6.91. The summed E-state index contributed by atoms with van der Waals surface area (Å²) in [4.78, 5) is 25.7. The molecule has 216 valence electrons. The first-order chi connectivity index (χ1) is 20.4. The molecule has 2 aliphatic heterocycles. The second-order valence-corrected chi connectivity index (χ2v) is 12.2. The van der Waals surface area contributed by atoms with E-state index in [1.54, 1.807) is 0 Å². The third-order valence-electron chi connectivity index (χ3n) is 9.71. The molecule has 8 heteroatoms. The standard InChI is InChI=1S/C34H37N5O3/c1-23-25(11-10-24-18-38(14-12-28(23)24)20-27-17-35-22-37(27)2)21-42-31-8-4-3-6-29(31)30-7-5-9-32(36-30)39-15-13-34(33(40)41)16-26(34)19-39/h3-11,17,22,26H,12-16,18-21H2,1-2H3,(H,40,41)/t26-,34+/m0/s1. The van der Waals surface area contributed by atoms with E-state index in [4.69, 9.17) is 9.72 Å². The van der Waals surface area contributed by atoms with Crippen LogP contribution in [0.15, 0.2) is 67.1 Å². The summed E-state index contributed by atoms with van der Waals surface area (Å²) in [6, 6.07) is 18.7. The first-order valence-electron chi connectivity index (χ1n) is 14.9. The Hall–Kier alpha value is -4.17. The molecule has 8 nitrogen and oxygen atoms in total. The minimum Gasteiger partial charge on any atom is -0.488 e. The average molecular weight is 564 g/mol. The highest BCUT2D eigenvalue weighted by molar-refractivity contribution is 5.79. The van der Waals surface area contributed by atoms with Crippen LogP contribution in [0.5, 0.6) is 5.75 Å². The molecule has 4 heterocycles. The lowest BCUT2D eigenvalue weighted by atomic mass is 9.92. The number of aromatic nitrogens is 3. The molecular weight excluding hydrogens is 526 g/mol. The van der Waals surface area contributed by atoms with Crippen molar-refractivity contribution in [2.75, 3.05) is 24.5 Å². The number of rotatable bonds is 8.